The van der Waals surface area contributed by atoms with Crippen molar-refractivity contribution in [1.29, 1.82) is 0 Å². The molecule has 0 radical (unpaired) electrons. The van der Waals surface area contributed by atoms with Gasteiger partial charge >= 0.3 is 0 Å². The van der Waals surface area contributed by atoms with Crippen molar-refractivity contribution in [2.75, 3.05) is 26.2 Å². The van der Waals surface area contributed by atoms with Crippen molar-refractivity contribution in [2.24, 2.45) is 0 Å². The fourth-order valence-corrected chi connectivity index (χ4v) is 2.19. The van der Waals surface area contributed by atoms with Crippen LogP contribution in [0.15, 0.2) is 24.3 Å². The van der Waals surface area contributed by atoms with Gasteiger partial charge in [0.1, 0.15) is 0 Å². The number of amides is 2. The van der Waals surface area contributed by atoms with Crippen LogP contribution in [-0.2, 0) is 16.0 Å². The minimum atomic E-state index is -0.479. The Labute approximate surface area is 115 Å². The summed E-state index contributed by atoms with van der Waals surface area (Å²) in [6.07, 6.45) is 0.780. The van der Waals surface area contributed by atoms with Gasteiger partial charge in [0.05, 0.1) is 11.3 Å². The van der Waals surface area contributed by atoms with E-state index >= 15 is 0 Å². The van der Waals surface area contributed by atoms with Gasteiger partial charge in [-0.25, -0.2) is 0 Å². The number of carbonyl (C=O) groups excluding carboxylic acids is 2. The quantitative estimate of drug-likeness (QED) is 0.454. The highest BCUT2D eigenvalue weighted by Crippen LogP contribution is 2.19. The van der Waals surface area contributed by atoms with E-state index in [1.807, 2.05) is 0 Å². The molecule has 1 aliphatic rings. The minimum absolute atomic E-state index is 0.0121. The summed E-state index contributed by atoms with van der Waals surface area (Å²) in [5.74, 6) is -0.148. The number of carbonyl (C=O) groups is 2. The van der Waals surface area contributed by atoms with E-state index in [0.29, 0.717) is 31.7 Å². The normalized spacial score (nSPS) is 15.0. The van der Waals surface area contributed by atoms with Crippen molar-refractivity contribution < 1.29 is 14.5 Å². The SMILES string of the molecule is O=CN1CCN(C(=O)Cc2ccccc2[N+](=O)[O-])CC1. The van der Waals surface area contributed by atoms with Crippen LogP contribution in [0.3, 0.4) is 0 Å². The molecule has 2 rings (SSSR count). The van der Waals surface area contributed by atoms with Crippen molar-refractivity contribution in [2.45, 2.75) is 6.42 Å². The van der Waals surface area contributed by atoms with Crippen LogP contribution in [0.25, 0.3) is 0 Å². The van der Waals surface area contributed by atoms with E-state index in [1.54, 1.807) is 28.0 Å². The maximum Gasteiger partial charge on any atom is 0.273 e. The van der Waals surface area contributed by atoms with Crippen molar-refractivity contribution in [1.82, 2.24) is 9.80 Å². The van der Waals surface area contributed by atoms with Crippen LogP contribution in [0.2, 0.25) is 0 Å². The van der Waals surface area contributed by atoms with E-state index in [2.05, 4.69) is 0 Å². The molecule has 0 unspecified atom stereocenters. The maximum atomic E-state index is 12.1. The van der Waals surface area contributed by atoms with Crippen molar-refractivity contribution in [3.63, 3.8) is 0 Å². The topological polar surface area (TPSA) is 83.8 Å². The van der Waals surface area contributed by atoms with Gasteiger partial charge in [0.2, 0.25) is 12.3 Å². The summed E-state index contributed by atoms with van der Waals surface area (Å²) in [6, 6.07) is 6.25. The number of piperazine rings is 1. The summed E-state index contributed by atoms with van der Waals surface area (Å²) in [4.78, 5) is 36.4. The van der Waals surface area contributed by atoms with Gasteiger partial charge in [0, 0.05) is 37.8 Å². The lowest BCUT2D eigenvalue weighted by Crippen LogP contribution is -2.48. The summed E-state index contributed by atoms with van der Waals surface area (Å²) in [5, 5.41) is 10.9. The van der Waals surface area contributed by atoms with E-state index in [1.165, 1.54) is 6.07 Å². The third kappa shape index (κ3) is 3.11. The number of para-hydroxylation sites is 1. The highest BCUT2D eigenvalue weighted by atomic mass is 16.6. The molecule has 2 amide bonds. The number of hydrogen-bond acceptors (Lipinski definition) is 4. The summed E-state index contributed by atoms with van der Waals surface area (Å²) in [6.45, 7) is 1.95. The zero-order chi connectivity index (χ0) is 14.5. The molecule has 0 atom stereocenters. The molecule has 106 valence electrons. The van der Waals surface area contributed by atoms with Crippen LogP contribution in [0, 0.1) is 10.1 Å². The lowest BCUT2D eigenvalue weighted by atomic mass is 10.1. The summed E-state index contributed by atoms with van der Waals surface area (Å²) < 4.78 is 0. The second-order valence-electron chi connectivity index (χ2n) is 4.58. The lowest BCUT2D eigenvalue weighted by Gasteiger charge is -2.32. The fourth-order valence-electron chi connectivity index (χ4n) is 2.19. The average molecular weight is 277 g/mol. The molecule has 1 aromatic rings. The van der Waals surface area contributed by atoms with E-state index < -0.39 is 4.92 Å². The van der Waals surface area contributed by atoms with Gasteiger partial charge < -0.3 is 9.80 Å². The minimum Gasteiger partial charge on any atom is -0.342 e. The predicted molar refractivity (Wildman–Crippen MR) is 71.0 cm³/mol. The molecule has 0 aliphatic carbocycles. The monoisotopic (exact) mass is 277 g/mol. The van der Waals surface area contributed by atoms with Crippen LogP contribution in [0.4, 0.5) is 5.69 Å². The molecule has 0 saturated carbocycles. The largest absolute Gasteiger partial charge is 0.342 e. The van der Waals surface area contributed by atoms with Crippen molar-refractivity contribution >= 4 is 18.0 Å². The molecule has 7 heteroatoms. The first-order chi connectivity index (χ1) is 9.61. The predicted octanol–water partition coefficient (Wildman–Crippen LogP) is 0.438. The van der Waals surface area contributed by atoms with Crippen molar-refractivity contribution in [3.05, 3.63) is 39.9 Å². The molecule has 1 aromatic carbocycles. The number of rotatable bonds is 4. The number of benzene rings is 1. The molecule has 0 bridgehead atoms. The maximum absolute atomic E-state index is 12.1. The summed E-state index contributed by atoms with van der Waals surface area (Å²) in [7, 11) is 0. The van der Waals surface area contributed by atoms with Crippen LogP contribution >= 0.6 is 0 Å². The van der Waals surface area contributed by atoms with E-state index in [0.717, 1.165) is 6.41 Å². The van der Waals surface area contributed by atoms with Crippen LogP contribution < -0.4 is 0 Å². The van der Waals surface area contributed by atoms with Gasteiger partial charge in [-0.05, 0) is 0 Å². The van der Waals surface area contributed by atoms with Gasteiger partial charge in [-0.2, -0.15) is 0 Å². The molecule has 1 aliphatic heterocycles. The Kier molecular flexibility index (Phi) is 4.29. The van der Waals surface area contributed by atoms with Crippen molar-refractivity contribution in [3.8, 4) is 0 Å². The Balaban J connectivity index is 2.02. The molecule has 20 heavy (non-hydrogen) atoms. The highest BCUT2D eigenvalue weighted by molar-refractivity contribution is 5.80. The van der Waals surface area contributed by atoms with Gasteiger partial charge in [0.25, 0.3) is 5.69 Å². The molecule has 7 nitrogen and oxygen atoms in total. The van der Waals surface area contributed by atoms with Gasteiger partial charge in [-0.15, -0.1) is 0 Å². The van der Waals surface area contributed by atoms with Crippen LogP contribution in [-0.4, -0.2) is 53.2 Å². The Hall–Kier alpha value is -2.44. The second-order valence-corrected chi connectivity index (χ2v) is 4.58. The Morgan fingerprint density at radius 3 is 2.50 bits per heavy atom. The molecule has 1 fully saturated rings. The molecular formula is C13H15N3O4. The zero-order valence-corrected chi connectivity index (χ0v) is 10.9. The number of nitrogens with zero attached hydrogens (tertiary/aromatic N) is 3. The van der Waals surface area contributed by atoms with Gasteiger partial charge in [-0.1, -0.05) is 18.2 Å². The first kappa shape index (κ1) is 14.0. The molecular weight excluding hydrogens is 262 g/mol. The molecule has 0 N–H and O–H groups in total. The highest BCUT2D eigenvalue weighted by Gasteiger charge is 2.22. The van der Waals surface area contributed by atoms with Gasteiger partial charge in [0.15, 0.2) is 0 Å². The second kappa shape index (κ2) is 6.14. The Morgan fingerprint density at radius 1 is 1.25 bits per heavy atom. The Bertz CT molecular complexity index is 524. The molecule has 1 heterocycles. The standard InChI is InChI=1S/C13H15N3O4/c17-10-14-5-7-15(8-6-14)13(18)9-11-3-1-2-4-12(11)16(19)20/h1-4,10H,5-9H2. The zero-order valence-electron chi connectivity index (χ0n) is 10.9. The van der Waals surface area contributed by atoms with Crippen LogP contribution in [0.1, 0.15) is 5.56 Å². The first-order valence-corrected chi connectivity index (χ1v) is 6.31. The first-order valence-electron chi connectivity index (χ1n) is 6.31. The number of nitro groups is 1. The summed E-state index contributed by atoms with van der Waals surface area (Å²) in [5.41, 5.74) is 0.382. The number of nitro benzene ring substituents is 1. The smallest absolute Gasteiger partial charge is 0.273 e. The summed E-state index contributed by atoms with van der Waals surface area (Å²) >= 11 is 0. The van der Waals surface area contributed by atoms with E-state index in [-0.39, 0.29) is 18.0 Å². The van der Waals surface area contributed by atoms with E-state index in [4.69, 9.17) is 0 Å². The third-order valence-corrected chi connectivity index (χ3v) is 3.35. The molecule has 0 aromatic heterocycles. The Morgan fingerprint density at radius 2 is 1.90 bits per heavy atom. The van der Waals surface area contributed by atoms with Crippen LogP contribution in [0.5, 0.6) is 0 Å². The molecule has 1 saturated heterocycles. The van der Waals surface area contributed by atoms with E-state index in [9.17, 15) is 19.7 Å². The average Bonchev–Trinajstić information content (AvgIpc) is 2.47. The van der Waals surface area contributed by atoms with Gasteiger partial charge in [-0.3, -0.25) is 19.7 Å². The fraction of sp³-hybridized carbons (Fsp3) is 0.385. The lowest BCUT2D eigenvalue weighted by molar-refractivity contribution is -0.385. The molecule has 0 spiro atoms. The number of hydrogen-bond donors (Lipinski definition) is 0. The third-order valence-electron chi connectivity index (χ3n) is 3.35.